The van der Waals surface area contributed by atoms with Crippen molar-refractivity contribution in [1.29, 1.82) is 0 Å². The molecule has 10 heteroatoms. The minimum atomic E-state index is -3.28. The lowest BCUT2D eigenvalue weighted by Crippen LogP contribution is -2.28. The fourth-order valence-corrected chi connectivity index (χ4v) is 3.54. The Labute approximate surface area is 178 Å². The number of pyridine rings is 1. The molecule has 1 atom stereocenters. The number of nitrogens with zero attached hydrogens (tertiary/aromatic N) is 3. The molecule has 1 fully saturated rings. The molecule has 2 aromatic rings. The quantitative estimate of drug-likeness (QED) is 0.649. The summed E-state index contributed by atoms with van der Waals surface area (Å²) in [5.74, 6) is 0.940. The lowest BCUT2D eigenvalue weighted by atomic mass is 10.1. The van der Waals surface area contributed by atoms with Gasteiger partial charge in [0.05, 0.1) is 23.8 Å². The highest BCUT2D eigenvalue weighted by atomic mass is 19.3. The Bertz CT molecular complexity index is 991. The van der Waals surface area contributed by atoms with E-state index in [0.717, 1.165) is 0 Å². The van der Waals surface area contributed by atoms with Crippen LogP contribution in [0.3, 0.4) is 0 Å². The van der Waals surface area contributed by atoms with Crippen LogP contribution in [0.5, 0.6) is 5.75 Å². The molecular formula is C21H23F2N5O3. The Morgan fingerprint density at radius 1 is 1.35 bits per heavy atom. The molecule has 3 N–H and O–H groups in total. The maximum atomic E-state index is 12.9. The van der Waals surface area contributed by atoms with Gasteiger partial charge >= 0.3 is 6.11 Å². The number of halogens is 2. The van der Waals surface area contributed by atoms with Gasteiger partial charge in [-0.2, -0.15) is 8.78 Å². The van der Waals surface area contributed by atoms with E-state index in [4.69, 9.17) is 0 Å². The van der Waals surface area contributed by atoms with Crippen molar-refractivity contribution in [3.8, 4) is 5.75 Å². The zero-order valence-corrected chi connectivity index (χ0v) is 16.9. The Morgan fingerprint density at radius 3 is 2.74 bits per heavy atom. The zero-order valence-electron chi connectivity index (χ0n) is 16.9. The summed E-state index contributed by atoms with van der Waals surface area (Å²) >= 11 is 0. The van der Waals surface area contributed by atoms with Gasteiger partial charge in [0.2, 0.25) is 0 Å². The molecule has 0 saturated carbocycles. The molecular weight excluding hydrogens is 408 g/mol. The molecule has 1 aromatic carbocycles. The number of amides is 1. The molecule has 3 heterocycles. The van der Waals surface area contributed by atoms with Gasteiger partial charge in [0.15, 0.2) is 0 Å². The van der Waals surface area contributed by atoms with E-state index in [1.165, 1.54) is 30.5 Å². The van der Waals surface area contributed by atoms with Crippen molar-refractivity contribution in [2.24, 2.45) is 4.99 Å². The van der Waals surface area contributed by atoms with Gasteiger partial charge in [-0.1, -0.05) is 0 Å². The van der Waals surface area contributed by atoms with Crippen molar-refractivity contribution < 1.29 is 23.4 Å². The molecule has 4 rings (SSSR count). The number of aliphatic imine (C=N–C) groups is 1. The summed E-state index contributed by atoms with van der Waals surface area (Å²) in [5, 5.41) is 15.8. The van der Waals surface area contributed by atoms with E-state index >= 15 is 0 Å². The number of benzene rings is 1. The Balaban J connectivity index is 1.53. The van der Waals surface area contributed by atoms with Gasteiger partial charge in [0.1, 0.15) is 17.4 Å². The van der Waals surface area contributed by atoms with Gasteiger partial charge in [-0.25, -0.2) is 4.98 Å². The number of aliphatic hydroxyl groups is 1. The maximum Gasteiger partial charge on any atom is 0.394 e. The van der Waals surface area contributed by atoms with Crippen LogP contribution in [0.1, 0.15) is 29.3 Å². The normalized spacial score (nSPS) is 18.5. The van der Waals surface area contributed by atoms with E-state index < -0.39 is 18.1 Å². The number of ether oxygens (including phenoxy) is 1. The van der Waals surface area contributed by atoms with Crippen molar-refractivity contribution >= 4 is 23.2 Å². The number of β-amino-alcohol motifs (C(OH)–C–C–N with tert-alkyl or cyclic N) is 1. The summed E-state index contributed by atoms with van der Waals surface area (Å²) < 4.78 is 30.4. The van der Waals surface area contributed by atoms with Crippen molar-refractivity contribution in [2.45, 2.75) is 25.6 Å². The highest BCUT2D eigenvalue weighted by molar-refractivity contribution is 6.09. The van der Waals surface area contributed by atoms with Crippen LogP contribution >= 0.6 is 0 Å². The van der Waals surface area contributed by atoms with E-state index in [1.54, 1.807) is 6.07 Å². The fraction of sp³-hybridized carbons (Fsp3) is 0.381. The molecule has 1 amide bonds. The summed E-state index contributed by atoms with van der Waals surface area (Å²) in [4.78, 5) is 23.7. The number of carbonyl (C=O) groups is 1. The molecule has 0 radical (unpaired) electrons. The standard InChI is InChI=1S/C21H23F2N5O3/c1-21(22,23)31-16-4-2-14(3-5-16)27-20(30)13-10-17(18-24-7-8-25-18)19(26-11-13)28-9-6-15(29)12-28/h2-5,10-11,15,29H,6-9,12H2,1H3,(H,24,25)(H,27,30)/t15-/m1/s1. The predicted molar refractivity (Wildman–Crippen MR) is 112 cm³/mol. The number of hydrogen-bond acceptors (Lipinski definition) is 7. The number of anilines is 2. The summed E-state index contributed by atoms with van der Waals surface area (Å²) in [7, 11) is 0. The van der Waals surface area contributed by atoms with Crippen LogP contribution in [0.15, 0.2) is 41.5 Å². The van der Waals surface area contributed by atoms with Gasteiger partial charge in [0.25, 0.3) is 5.91 Å². The lowest BCUT2D eigenvalue weighted by molar-refractivity contribution is -0.158. The first-order chi connectivity index (χ1) is 14.8. The molecule has 0 bridgehead atoms. The average Bonchev–Trinajstić information content (AvgIpc) is 3.40. The summed E-state index contributed by atoms with van der Waals surface area (Å²) in [6.45, 7) is 3.15. The molecule has 0 spiro atoms. The maximum absolute atomic E-state index is 12.9. The second kappa shape index (κ2) is 8.46. The van der Waals surface area contributed by atoms with Gasteiger partial charge in [-0.3, -0.25) is 9.79 Å². The SMILES string of the molecule is CC(F)(F)Oc1ccc(NC(=O)c2cnc(N3CC[C@@H](O)C3)c(C3=NCCN3)c2)cc1. The Kier molecular flexibility index (Phi) is 5.73. The first-order valence-corrected chi connectivity index (χ1v) is 9.98. The van der Waals surface area contributed by atoms with E-state index in [9.17, 15) is 18.7 Å². The molecule has 1 saturated heterocycles. The number of alkyl halides is 2. The summed E-state index contributed by atoms with van der Waals surface area (Å²) in [5.41, 5.74) is 1.46. The largest absolute Gasteiger partial charge is 0.433 e. The first-order valence-electron chi connectivity index (χ1n) is 9.98. The number of aromatic nitrogens is 1. The van der Waals surface area contributed by atoms with Crippen LogP contribution in [0.4, 0.5) is 20.3 Å². The van der Waals surface area contributed by atoms with Crippen LogP contribution in [0.2, 0.25) is 0 Å². The fourth-order valence-electron chi connectivity index (χ4n) is 3.54. The smallest absolute Gasteiger partial charge is 0.394 e. The van der Waals surface area contributed by atoms with Crippen LogP contribution in [0.25, 0.3) is 0 Å². The molecule has 164 valence electrons. The highest BCUT2D eigenvalue weighted by Gasteiger charge is 2.27. The van der Waals surface area contributed by atoms with Crippen molar-refractivity contribution in [3.63, 3.8) is 0 Å². The summed E-state index contributed by atoms with van der Waals surface area (Å²) in [6.07, 6.45) is -1.55. The molecule has 31 heavy (non-hydrogen) atoms. The first kappa shape index (κ1) is 21.0. The molecule has 1 aromatic heterocycles. The van der Waals surface area contributed by atoms with E-state index in [0.29, 0.717) is 68.0 Å². The third kappa shape index (κ3) is 5.08. The third-order valence-corrected chi connectivity index (χ3v) is 4.93. The zero-order chi connectivity index (χ0) is 22.0. The number of carbonyl (C=O) groups excluding carboxylic acids is 1. The second-order valence-electron chi connectivity index (χ2n) is 7.53. The third-order valence-electron chi connectivity index (χ3n) is 4.93. The molecule has 8 nitrogen and oxygen atoms in total. The van der Waals surface area contributed by atoms with Crippen LogP contribution in [-0.4, -0.2) is 60.2 Å². The number of amidine groups is 1. The van der Waals surface area contributed by atoms with Crippen molar-refractivity contribution in [3.05, 3.63) is 47.7 Å². The van der Waals surface area contributed by atoms with Crippen molar-refractivity contribution in [1.82, 2.24) is 10.3 Å². The number of rotatable bonds is 6. The minimum absolute atomic E-state index is 0.00285. The van der Waals surface area contributed by atoms with Crippen molar-refractivity contribution in [2.75, 3.05) is 36.4 Å². The van der Waals surface area contributed by atoms with Gasteiger partial charge < -0.3 is 25.4 Å². The number of aliphatic hydroxyl groups excluding tert-OH is 1. The van der Waals surface area contributed by atoms with E-state index in [1.807, 2.05) is 4.90 Å². The van der Waals surface area contributed by atoms with Crippen LogP contribution < -0.4 is 20.3 Å². The van der Waals surface area contributed by atoms with E-state index in [-0.39, 0.29) is 5.75 Å². The second-order valence-corrected chi connectivity index (χ2v) is 7.53. The monoisotopic (exact) mass is 431 g/mol. The topological polar surface area (TPSA) is 99.1 Å². The predicted octanol–water partition coefficient (Wildman–Crippen LogP) is 2.25. The Hall–Kier alpha value is -3.27. The minimum Gasteiger partial charge on any atom is -0.433 e. The molecule has 0 unspecified atom stereocenters. The molecule has 0 aliphatic carbocycles. The number of nitrogens with one attached hydrogen (secondary N) is 2. The van der Waals surface area contributed by atoms with Crippen LogP contribution in [0, 0.1) is 0 Å². The molecule has 2 aliphatic heterocycles. The molecule has 2 aliphatic rings. The average molecular weight is 431 g/mol. The van der Waals surface area contributed by atoms with E-state index in [2.05, 4.69) is 25.3 Å². The highest BCUT2D eigenvalue weighted by Crippen LogP contribution is 2.26. The summed E-state index contributed by atoms with van der Waals surface area (Å²) in [6, 6.07) is 7.39. The lowest BCUT2D eigenvalue weighted by Gasteiger charge is -2.21. The van der Waals surface area contributed by atoms with Gasteiger partial charge in [-0.15, -0.1) is 0 Å². The van der Waals surface area contributed by atoms with Gasteiger partial charge in [0, 0.05) is 38.4 Å². The number of hydrogen-bond donors (Lipinski definition) is 3. The van der Waals surface area contributed by atoms with Crippen LogP contribution in [-0.2, 0) is 0 Å². The van der Waals surface area contributed by atoms with Gasteiger partial charge in [-0.05, 0) is 36.8 Å². The Morgan fingerprint density at radius 2 is 2.13 bits per heavy atom.